The Labute approximate surface area is 157 Å². The Hall–Kier alpha value is -2.51. The Morgan fingerprint density at radius 3 is 2.93 bits per heavy atom. The second-order valence-corrected chi connectivity index (χ2v) is 6.92. The third-order valence-electron chi connectivity index (χ3n) is 5.10. The monoisotopic (exact) mass is 368 g/mol. The van der Waals surface area contributed by atoms with Crippen molar-refractivity contribution < 1.29 is 9.15 Å². The zero-order chi connectivity index (χ0) is 18.8. The van der Waals surface area contributed by atoms with Gasteiger partial charge in [0.15, 0.2) is 5.89 Å². The van der Waals surface area contributed by atoms with E-state index < -0.39 is 0 Å². The first-order chi connectivity index (χ1) is 13.2. The van der Waals surface area contributed by atoms with Gasteiger partial charge < -0.3 is 9.15 Å². The molecule has 1 aliphatic rings. The van der Waals surface area contributed by atoms with E-state index in [1.54, 1.807) is 17.9 Å². The first-order valence-corrected chi connectivity index (χ1v) is 9.31. The lowest BCUT2D eigenvalue weighted by atomic mass is 10.1. The molecule has 1 saturated heterocycles. The van der Waals surface area contributed by atoms with Crippen LogP contribution in [0.15, 0.2) is 39.7 Å². The van der Waals surface area contributed by atoms with Gasteiger partial charge in [-0.3, -0.25) is 14.3 Å². The van der Waals surface area contributed by atoms with Gasteiger partial charge in [0, 0.05) is 20.6 Å². The van der Waals surface area contributed by atoms with Crippen molar-refractivity contribution in [1.29, 1.82) is 0 Å². The summed E-state index contributed by atoms with van der Waals surface area (Å²) >= 11 is 0. The molecule has 0 bridgehead atoms. The fourth-order valence-electron chi connectivity index (χ4n) is 3.83. The largest absolute Gasteiger partial charge is 0.449 e. The van der Waals surface area contributed by atoms with Crippen LogP contribution in [-0.2, 0) is 17.8 Å². The minimum atomic E-state index is -0.00298. The summed E-state index contributed by atoms with van der Waals surface area (Å²) in [6.07, 6.45) is 3.74. The molecule has 0 spiro atoms. The van der Waals surface area contributed by atoms with Crippen molar-refractivity contribution in [2.45, 2.75) is 38.9 Å². The number of benzene rings is 1. The number of ether oxygens (including phenoxy) is 1. The van der Waals surface area contributed by atoms with Gasteiger partial charge >= 0.3 is 0 Å². The number of hydrogen-bond donors (Lipinski definition) is 0. The Morgan fingerprint density at radius 1 is 1.30 bits per heavy atom. The summed E-state index contributed by atoms with van der Waals surface area (Å²) in [5.74, 6) is 1.48. The van der Waals surface area contributed by atoms with Crippen molar-refractivity contribution >= 4 is 10.9 Å². The first-order valence-electron chi connectivity index (χ1n) is 9.31. The van der Waals surface area contributed by atoms with Gasteiger partial charge in [0.25, 0.3) is 5.56 Å². The summed E-state index contributed by atoms with van der Waals surface area (Å²) in [5.41, 5.74) is 1.65. The third kappa shape index (κ3) is 3.52. The molecule has 3 aromatic rings. The minimum absolute atomic E-state index is 0.00298. The number of oxazole rings is 1. The van der Waals surface area contributed by atoms with E-state index in [-0.39, 0.29) is 11.6 Å². The van der Waals surface area contributed by atoms with E-state index in [1.165, 1.54) is 0 Å². The Morgan fingerprint density at radius 2 is 2.15 bits per heavy atom. The summed E-state index contributed by atoms with van der Waals surface area (Å²) < 4.78 is 12.4. The van der Waals surface area contributed by atoms with Crippen LogP contribution < -0.4 is 5.56 Å². The van der Waals surface area contributed by atoms with Gasteiger partial charge in [-0.1, -0.05) is 12.1 Å². The number of nitrogens with zero attached hydrogens (tertiary/aromatic N) is 4. The van der Waals surface area contributed by atoms with Gasteiger partial charge in [-0.2, -0.15) is 0 Å². The van der Waals surface area contributed by atoms with Crippen LogP contribution in [0.4, 0.5) is 0 Å². The van der Waals surface area contributed by atoms with Crippen LogP contribution in [0.3, 0.4) is 0 Å². The highest BCUT2D eigenvalue weighted by Crippen LogP contribution is 2.32. The second-order valence-electron chi connectivity index (χ2n) is 6.92. The molecule has 7 heteroatoms. The molecule has 7 nitrogen and oxygen atoms in total. The molecule has 2 aromatic heterocycles. The van der Waals surface area contributed by atoms with Crippen molar-refractivity contribution in [2.75, 3.05) is 20.3 Å². The highest BCUT2D eigenvalue weighted by Gasteiger charge is 2.31. The maximum Gasteiger partial charge on any atom is 0.261 e. The SMILES string of the molecule is COCCn1c(C2CCCN2Cc2coc(C)n2)nc2ccccc2c1=O. The van der Waals surface area contributed by atoms with E-state index in [0.29, 0.717) is 31.0 Å². The molecule has 1 fully saturated rings. The number of para-hydroxylation sites is 1. The molecule has 0 N–H and O–H groups in total. The summed E-state index contributed by atoms with van der Waals surface area (Å²) in [5, 5.41) is 0.647. The van der Waals surface area contributed by atoms with Crippen LogP contribution in [0.5, 0.6) is 0 Å². The van der Waals surface area contributed by atoms with E-state index >= 15 is 0 Å². The molecule has 0 radical (unpaired) electrons. The summed E-state index contributed by atoms with van der Waals surface area (Å²) in [6.45, 7) is 4.45. The number of methoxy groups -OCH3 is 1. The predicted octanol–water partition coefficient (Wildman–Crippen LogP) is 2.68. The number of rotatable bonds is 6. The average Bonchev–Trinajstić information content (AvgIpc) is 3.30. The average molecular weight is 368 g/mol. The topological polar surface area (TPSA) is 73.4 Å². The summed E-state index contributed by atoms with van der Waals surface area (Å²) in [4.78, 5) is 24.7. The molecule has 1 unspecified atom stereocenters. The summed E-state index contributed by atoms with van der Waals surface area (Å²) in [6, 6.07) is 7.61. The zero-order valence-electron chi connectivity index (χ0n) is 15.7. The Kier molecular flexibility index (Phi) is 5.05. The van der Waals surface area contributed by atoms with Gasteiger partial charge in [-0.05, 0) is 31.5 Å². The fourth-order valence-corrected chi connectivity index (χ4v) is 3.83. The fraction of sp³-hybridized carbons (Fsp3) is 0.450. The molecule has 0 aliphatic carbocycles. The molecule has 0 saturated carbocycles. The van der Waals surface area contributed by atoms with Crippen molar-refractivity contribution in [3.05, 3.63) is 58.3 Å². The lowest BCUT2D eigenvalue weighted by Crippen LogP contribution is -2.33. The van der Waals surface area contributed by atoms with Crippen LogP contribution in [0.2, 0.25) is 0 Å². The molecule has 0 amide bonds. The van der Waals surface area contributed by atoms with Crippen molar-refractivity contribution in [2.24, 2.45) is 0 Å². The zero-order valence-corrected chi connectivity index (χ0v) is 15.7. The number of aryl methyl sites for hydroxylation is 1. The molecule has 1 aliphatic heterocycles. The Bertz CT molecular complexity index is 994. The van der Waals surface area contributed by atoms with Crippen molar-refractivity contribution in [3.63, 3.8) is 0 Å². The highest BCUT2D eigenvalue weighted by molar-refractivity contribution is 5.77. The van der Waals surface area contributed by atoms with E-state index in [0.717, 1.165) is 36.4 Å². The molecule has 1 atom stereocenters. The van der Waals surface area contributed by atoms with Crippen molar-refractivity contribution in [3.8, 4) is 0 Å². The predicted molar refractivity (Wildman–Crippen MR) is 102 cm³/mol. The van der Waals surface area contributed by atoms with Gasteiger partial charge in [0.05, 0.1) is 35.8 Å². The van der Waals surface area contributed by atoms with Gasteiger partial charge in [-0.25, -0.2) is 9.97 Å². The third-order valence-corrected chi connectivity index (χ3v) is 5.10. The normalized spacial score (nSPS) is 17.8. The molecule has 4 rings (SSSR count). The standard InChI is InChI=1S/C20H24N4O3/c1-14-21-15(13-27-14)12-23-9-5-8-18(23)19-22-17-7-4-3-6-16(17)20(25)24(19)10-11-26-2/h3-4,6-7,13,18H,5,8-12H2,1-2H3. The maximum absolute atomic E-state index is 13.1. The molecular formula is C20H24N4O3. The molecular weight excluding hydrogens is 344 g/mol. The smallest absolute Gasteiger partial charge is 0.261 e. The van der Waals surface area contributed by atoms with Crippen LogP contribution in [0, 0.1) is 6.92 Å². The van der Waals surface area contributed by atoms with Crippen LogP contribution in [0.25, 0.3) is 10.9 Å². The minimum Gasteiger partial charge on any atom is -0.449 e. The van der Waals surface area contributed by atoms with Crippen LogP contribution >= 0.6 is 0 Å². The quantitative estimate of drug-likeness (QED) is 0.666. The lowest BCUT2D eigenvalue weighted by molar-refractivity contribution is 0.178. The molecule has 142 valence electrons. The lowest BCUT2D eigenvalue weighted by Gasteiger charge is -2.25. The van der Waals surface area contributed by atoms with Crippen LogP contribution in [0.1, 0.15) is 36.3 Å². The van der Waals surface area contributed by atoms with Gasteiger partial charge in [0.1, 0.15) is 12.1 Å². The number of likely N-dealkylation sites (tertiary alicyclic amines) is 1. The second kappa shape index (κ2) is 7.62. The molecule has 1 aromatic carbocycles. The maximum atomic E-state index is 13.1. The first kappa shape index (κ1) is 17.9. The Balaban J connectivity index is 1.75. The number of aromatic nitrogens is 3. The van der Waals surface area contributed by atoms with E-state index in [9.17, 15) is 4.79 Å². The van der Waals surface area contributed by atoms with Crippen molar-refractivity contribution in [1.82, 2.24) is 19.4 Å². The van der Waals surface area contributed by atoms with Crippen LogP contribution in [-0.4, -0.2) is 39.7 Å². The van der Waals surface area contributed by atoms with Gasteiger partial charge in [-0.15, -0.1) is 0 Å². The summed E-state index contributed by atoms with van der Waals surface area (Å²) in [7, 11) is 1.65. The van der Waals surface area contributed by atoms with E-state index in [2.05, 4.69) is 9.88 Å². The molecule has 3 heterocycles. The van der Waals surface area contributed by atoms with E-state index in [1.807, 2.05) is 31.2 Å². The van der Waals surface area contributed by atoms with Gasteiger partial charge in [0.2, 0.25) is 0 Å². The van der Waals surface area contributed by atoms with E-state index in [4.69, 9.17) is 14.1 Å². The number of hydrogen-bond acceptors (Lipinski definition) is 6. The number of fused-ring (bicyclic) bond motifs is 1. The molecule has 27 heavy (non-hydrogen) atoms. The highest BCUT2D eigenvalue weighted by atomic mass is 16.5.